The van der Waals surface area contributed by atoms with Crippen molar-refractivity contribution in [1.82, 2.24) is 0 Å². The van der Waals surface area contributed by atoms with Gasteiger partial charge in [-0.25, -0.2) is 0 Å². The Labute approximate surface area is 100 Å². The highest BCUT2D eigenvalue weighted by Gasteiger charge is 2.18. The molecule has 0 spiro atoms. The molecule has 3 N–H and O–H groups in total. The first kappa shape index (κ1) is 10.5. The molecule has 0 radical (unpaired) electrons. The van der Waals surface area contributed by atoms with Gasteiger partial charge in [0.2, 0.25) is 0 Å². The molecule has 3 rings (SSSR count). The molecule has 0 atom stereocenters. The minimum Gasteiger partial charge on any atom is -0.490 e. The quantitative estimate of drug-likeness (QED) is 0.708. The summed E-state index contributed by atoms with van der Waals surface area (Å²) in [6, 6.07) is 3.99. The molecule has 5 heteroatoms. The molecule has 2 aliphatic heterocycles. The van der Waals surface area contributed by atoms with Crippen molar-refractivity contribution in [3.05, 3.63) is 12.1 Å². The summed E-state index contributed by atoms with van der Waals surface area (Å²) >= 11 is 0. The number of rotatable bonds is 1. The van der Waals surface area contributed by atoms with Crippen LogP contribution in [-0.4, -0.2) is 39.5 Å². The molecule has 0 aromatic heterocycles. The number of nitrogens with zero attached hydrogens (tertiary/aromatic N) is 1. The summed E-state index contributed by atoms with van der Waals surface area (Å²) < 4.78 is 11.0. The molecule has 1 fully saturated rings. The maximum atomic E-state index is 6.10. The molecule has 1 aromatic rings. The number of nitrogens with two attached hydrogens (primary N) is 1. The van der Waals surface area contributed by atoms with E-state index in [0.29, 0.717) is 6.61 Å². The molecule has 0 unspecified atom stereocenters. The molecule has 92 valence electrons. The number of fused-ring (bicyclic) bond motifs is 1. The summed E-state index contributed by atoms with van der Waals surface area (Å²) in [5, 5.41) is 3.29. The van der Waals surface area contributed by atoms with Crippen molar-refractivity contribution >= 4 is 17.1 Å². The zero-order valence-corrected chi connectivity index (χ0v) is 9.74. The second-order valence-electron chi connectivity index (χ2n) is 4.28. The number of anilines is 3. The number of nitrogen functional groups attached to an aromatic ring is 1. The van der Waals surface area contributed by atoms with Crippen LogP contribution < -0.4 is 20.7 Å². The van der Waals surface area contributed by atoms with Gasteiger partial charge in [-0.05, 0) is 6.07 Å². The number of morpholine rings is 1. The van der Waals surface area contributed by atoms with Gasteiger partial charge in [0.25, 0.3) is 0 Å². The zero-order chi connectivity index (χ0) is 11.7. The van der Waals surface area contributed by atoms with Gasteiger partial charge in [0.05, 0.1) is 30.3 Å². The molecule has 0 aliphatic carbocycles. The van der Waals surface area contributed by atoms with Crippen LogP contribution in [0.25, 0.3) is 0 Å². The smallest absolute Gasteiger partial charge is 0.144 e. The number of ether oxygens (including phenoxy) is 2. The van der Waals surface area contributed by atoms with Gasteiger partial charge < -0.3 is 25.4 Å². The van der Waals surface area contributed by atoms with Gasteiger partial charge >= 0.3 is 0 Å². The second-order valence-corrected chi connectivity index (χ2v) is 4.28. The fraction of sp³-hybridized carbons (Fsp3) is 0.500. The second kappa shape index (κ2) is 4.33. The van der Waals surface area contributed by atoms with Crippen LogP contribution in [0.4, 0.5) is 17.1 Å². The van der Waals surface area contributed by atoms with E-state index < -0.39 is 0 Å². The predicted octanol–water partition coefficient (Wildman–Crippen LogP) is 0.910. The van der Waals surface area contributed by atoms with Crippen LogP contribution in [-0.2, 0) is 4.74 Å². The lowest BCUT2D eigenvalue weighted by atomic mass is 10.2. The van der Waals surface area contributed by atoms with Gasteiger partial charge in [-0.1, -0.05) is 0 Å². The fourth-order valence-corrected chi connectivity index (χ4v) is 2.27. The van der Waals surface area contributed by atoms with Crippen molar-refractivity contribution in [2.24, 2.45) is 0 Å². The van der Waals surface area contributed by atoms with Crippen molar-refractivity contribution in [3.8, 4) is 5.75 Å². The average molecular weight is 235 g/mol. The summed E-state index contributed by atoms with van der Waals surface area (Å²) in [5.41, 5.74) is 8.94. The van der Waals surface area contributed by atoms with Gasteiger partial charge in [-0.3, -0.25) is 0 Å². The third-order valence-electron chi connectivity index (χ3n) is 3.16. The van der Waals surface area contributed by atoms with Crippen LogP contribution in [0.2, 0.25) is 0 Å². The van der Waals surface area contributed by atoms with E-state index in [1.807, 2.05) is 12.1 Å². The zero-order valence-electron chi connectivity index (χ0n) is 9.74. The molecule has 1 saturated heterocycles. The van der Waals surface area contributed by atoms with E-state index in [2.05, 4.69) is 10.2 Å². The first-order valence-electron chi connectivity index (χ1n) is 5.97. The van der Waals surface area contributed by atoms with Crippen LogP contribution >= 0.6 is 0 Å². The lowest BCUT2D eigenvalue weighted by molar-refractivity contribution is 0.122. The van der Waals surface area contributed by atoms with Crippen LogP contribution in [0.3, 0.4) is 0 Å². The van der Waals surface area contributed by atoms with Gasteiger partial charge in [-0.2, -0.15) is 0 Å². The third kappa shape index (κ3) is 1.98. The summed E-state index contributed by atoms with van der Waals surface area (Å²) in [6.45, 7) is 4.83. The van der Waals surface area contributed by atoms with Gasteiger partial charge in [0.1, 0.15) is 12.4 Å². The standard InChI is InChI=1S/C12H17N3O2/c13-9-7-10-12(17-4-1-14-10)8-11(9)15-2-5-16-6-3-15/h7-8,14H,1-6,13H2. The van der Waals surface area contributed by atoms with Crippen molar-refractivity contribution < 1.29 is 9.47 Å². The van der Waals surface area contributed by atoms with E-state index in [0.717, 1.165) is 55.7 Å². The Bertz CT molecular complexity index is 416. The molecule has 2 heterocycles. The van der Waals surface area contributed by atoms with Crippen molar-refractivity contribution in [1.29, 1.82) is 0 Å². The average Bonchev–Trinajstić information content (AvgIpc) is 2.39. The number of hydrogen-bond acceptors (Lipinski definition) is 5. The van der Waals surface area contributed by atoms with Gasteiger partial charge in [0, 0.05) is 25.7 Å². The summed E-state index contributed by atoms with van der Waals surface area (Å²) in [7, 11) is 0. The van der Waals surface area contributed by atoms with E-state index in [4.69, 9.17) is 15.2 Å². The molecule has 0 amide bonds. The Balaban J connectivity index is 1.93. The largest absolute Gasteiger partial charge is 0.490 e. The molecule has 5 nitrogen and oxygen atoms in total. The van der Waals surface area contributed by atoms with E-state index in [-0.39, 0.29) is 0 Å². The molecule has 0 saturated carbocycles. The highest BCUT2D eigenvalue weighted by atomic mass is 16.5. The first-order valence-corrected chi connectivity index (χ1v) is 5.97. The molecule has 17 heavy (non-hydrogen) atoms. The van der Waals surface area contributed by atoms with Crippen LogP contribution in [0, 0.1) is 0 Å². The van der Waals surface area contributed by atoms with Crippen LogP contribution in [0.5, 0.6) is 5.75 Å². The lowest BCUT2D eigenvalue weighted by Gasteiger charge is -2.31. The molecular formula is C12H17N3O2. The Morgan fingerprint density at radius 1 is 1.18 bits per heavy atom. The minimum absolute atomic E-state index is 0.708. The maximum Gasteiger partial charge on any atom is 0.144 e. The number of benzene rings is 1. The Morgan fingerprint density at radius 3 is 2.82 bits per heavy atom. The van der Waals surface area contributed by atoms with E-state index in [1.165, 1.54) is 0 Å². The normalized spacial score (nSPS) is 19.2. The van der Waals surface area contributed by atoms with Gasteiger partial charge in [-0.15, -0.1) is 0 Å². The minimum atomic E-state index is 0.708. The summed E-state index contributed by atoms with van der Waals surface area (Å²) in [5.74, 6) is 0.895. The van der Waals surface area contributed by atoms with E-state index >= 15 is 0 Å². The molecular weight excluding hydrogens is 218 g/mol. The topological polar surface area (TPSA) is 59.8 Å². The Hall–Kier alpha value is -1.62. The van der Waals surface area contributed by atoms with Crippen LogP contribution in [0.1, 0.15) is 0 Å². The van der Waals surface area contributed by atoms with Crippen molar-refractivity contribution in [2.45, 2.75) is 0 Å². The molecule has 1 aromatic carbocycles. The first-order chi connectivity index (χ1) is 8.34. The maximum absolute atomic E-state index is 6.10. The molecule has 0 bridgehead atoms. The van der Waals surface area contributed by atoms with E-state index in [1.54, 1.807) is 0 Å². The van der Waals surface area contributed by atoms with Crippen molar-refractivity contribution in [3.63, 3.8) is 0 Å². The Kier molecular flexibility index (Phi) is 2.68. The Morgan fingerprint density at radius 2 is 2.00 bits per heavy atom. The number of nitrogens with one attached hydrogen (secondary N) is 1. The predicted molar refractivity (Wildman–Crippen MR) is 67.9 cm³/mol. The number of hydrogen-bond donors (Lipinski definition) is 2. The highest BCUT2D eigenvalue weighted by molar-refractivity contribution is 5.78. The lowest BCUT2D eigenvalue weighted by Crippen LogP contribution is -2.36. The SMILES string of the molecule is Nc1cc2c(cc1N1CCOCC1)OCCN2. The highest BCUT2D eigenvalue weighted by Crippen LogP contribution is 2.36. The molecule has 2 aliphatic rings. The fourth-order valence-electron chi connectivity index (χ4n) is 2.27. The third-order valence-corrected chi connectivity index (χ3v) is 3.16. The monoisotopic (exact) mass is 235 g/mol. The van der Waals surface area contributed by atoms with Crippen LogP contribution in [0.15, 0.2) is 12.1 Å². The van der Waals surface area contributed by atoms with Crippen molar-refractivity contribution in [2.75, 3.05) is 55.4 Å². The van der Waals surface area contributed by atoms with E-state index in [9.17, 15) is 0 Å². The summed E-state index contributed by atoms with van der Waals surface area (Å²) in [4.78, 5) is 2.25. The van der Waals surface area contributed by atoms with Gasteiger partial charge in [0.15, 0.2) is 0 Å². The summed E-state index contributed by atoms with van der Waals surface area (Å²) in [6.07, 6.45) is 0.